The fourth-order valence-corrected chi connectivity index (χ4v) is 2.06. The van der Waals surface area contributed by atoms with Gasteiger partial charge in [-0.3, -0.25) is 4.79 Å². The molecule has 0 aliphatic heterocycles. The SMILES string of the molecule is CC/C(=C\CC(=O)O)c1ccc(OC)c(C(C)C)c1. The number of carboxylic acids is 1. The number of aliphatic carboxylic acids is 1. The maximum absolute atomic E-state index is 10.7. The number of methoxy groups -OCH3 is 1. The fourth-order valence-electron chi connectivity index (χ4n) is 2.06. The predicted octanol–water partition coefficient (Wildman–Crippen LogP) is 4.09. The summed E-state index contributed by atoms with van der Waals surface area (Å²) in [6.07, 6.45) is 2.66. The van der Waals surface area contributed by atoms with Gasteiger partial charge < -0.3 is 9.84 Å². The van der Waals surface area contributed by atoms with Crippen molar-refractivity contribution >= 4 is 11.5 Å². The maximum atomic E-state index is 10.7. The molecule has 3 nitrogen and oxygen atoms in total. The Kier molecular flexibility index (Phi) is 5.61. The van der Waals surface area contributed by atoms with Crippen molar-refractivity contribution in [3.63, 3.8) is 0 Å². The van der Waals surface area contributed by atoms with Crippen molar-refractivity contribution in [2.24, 2.45) is 0 Å². The second kappa shape index (κ2) is 6.98. The summed E-state index contributed by atoms with van der Waals surface area (Å²) in [7, 11) is 1.67. The number of carbonyl (C=O) groups is 1. The summed E-state index contributed by atoms with van der Waals surface area (Å²) in [6.45, 7) is 6.27. The van der Waals surface area contributed by atoms with Crippen LogP contribution in [0.4, 0.5) is 0 Å². The standard InChI is InChI=1S/C16H22O3/c1-5-12(7-9-16(17)18)13-6-8-15(19-4)14(10-13)11(2)3/h6-8,10-11H,5,9H2,1-4H3,(H,17,18)/b12-7+. The van der Waals surface area contributed by atoms with Crippen molar-refractivity contribution in [3.8, 4) is 5.75 Å². The van der Waals surface area contributed by atoms with Crippen LogP contribution in [-0.4, -0.2) is 18.2 Å². The minimum Gasteiger partial charge on any atom is -0.496 e. The highest BCUT2D eigenvalue weighted by Gasteiger charge is 2.10. The van der Waals surface area contributed by atoms with Crippen LogP contribution in [0.5, 0.6) is 5.75 Å². The largest absolute Gasteiger partial charge is 0.496 e. The van der Waals surface area contributed by atoms with Crippen LogP contribution in [0.2, 0.25) is 0 Å². The molecular formula is C16H22O3. The molecule has 0 fully saturated rings. The molecule has 0 aliphatic carbocycles. The number of hydrogen-bond acceptors (Lipinski definition) is 2. The van der Waals surface area contributed by atoms with Crippen molar-refractivity contribution in [3.05, 3.63) is 35.4 Å². The van der Waals surface area contributed by atoms with E-state index in [4.69, 9.17) is 9.84 Å². The first-order valence-corrected chi connectivity index (χ1v) is 6.58. The third-order valence-corrected chi connectivity index (χ3v) is 3.13. The zero-order valence-electron chi connectivity index (χ0n) is 12.1. The van der Waals surface area contributed by atoms with Gasteiger partial charge in [0.1, 0.15) is 5.75 Å². The molecule has 0 saturated carbocycles. The van der Waals surface area contributed by atoms with Gasteiger partial charge in [-0.05, 0) is 41.2 Å². The lowest BCUT2D eigenvalue weighted by molar-refractivity contribution is -0.135. The Morgan fingerprint density at radius 2 is 2.11 bits per heavy atom. The highest BCUT2D eigenvalue weighted by molar-refractivity contribution is 5.74. The summed E-state index contributed by atoms with van der Waals surface area (Å²) < 4.78 is 5.36. The zero-order chi connectivity index (χ0) is 14.4. The number of rotatable bonds is 6. The first kappa shape index (κ1) is 15.3. The summed E-state index contributed by atoms with van der Waals surface area (Å²) in [6, 6.07) is 6.04. The molecule has 0 heterocycles. The van der Waals surface area contributed by atoms with Gasteiger partial charge >= 0.3 is 5.97 Å². The van der Waals surface area contributed by atoms with Crippen LogP contribution >= 0.6 is 0 Å². The Balaban J connectivity index is 3.15. The van der Waals surface area contributed by atoms with Gasteiger partial charge in [0.25, 0.3) is 0 Å². The second-order valence-corrected chi connectivity index (χ2v) is 4.79. The molecule has 1 aromatic carbocycles. The zero-order valence-corrected chi connectivity index (χ0v) is 12.1. The fraction of sp³-hybridized carbons (Fsp3) is 0.438. The van der Waals surface area contributed by atoms with E-state index in [9.17, 15) is 4.79 Å². The molecule has 0 unspecified atom stereocenters. The third kappa shape index (κ3) is 4.12. The van der Waals surface area contributed by atoms with E-state index >= 15 is 0 Å². The van der Waals surface area contributed by atoms with Crippen molar-refractivity contribution in [1.29, 1.82) is 0 Å². The van der Waals surface area contributed by atoms with E-state index in [1.165, 1.54) is 0 Å². The molecule has 0 radical (unpaired) electrons. The average Bonchev–Trinajstić information content (AvgIpc) is 2.38. The molecule has 1 N–H and O–H groups in total. The Labute approximate surface area is 114 Å². The Morgan fingerprint density at radius 1 is 1.42 bits per heavy atom. The quantitative estimate of drug-likeness (QED) is 0.840. The lowest BCUT2D eigenvalue weighted by Gasteiger charge is -2.14. The molecule has 104 valence electrons. The summed E-state index contributed by atoms with van der Waals surface area (Å²) in [5.74, 6) is 0.448. The smallest absolute Gasteiger partial charge is 0.307 e. The molecule has 0 bridgehead atoms. The van der Waals surface area contributed by atoms with Crippen LogP contribution < -0.4 is 4.74 Å². The Morgan fingerprint density at radius 3 is 2.58 bits per heavy atom. The molecule has 0 spiro atoms. The Hall–Kier alpha value is -1.77. The minimum absolute atomic E-state index is 0.0617. The van der Waals surface area contributed by atoms with Crippen molar-refractivity contribution in [2.75, 3.05) is 7.11 Å². The molecule has 1 aromatic rings. The third-order valence-electron chi connectivity index (χ3n) is 3.13. The van der Waals surface area contributed by atoms with E-state index in [-0.39, 0.29) is 6.42 Å². The first-order chi connectivity index (χ1) is 8.99. The number of allylic oxidation sites excluding steroid dienone is 1. The molecule has 0 atom stereocenters. The van der Waals surface area contributed by atoms with E-state index < -0.39 is 5.97 Å². The van der Waals surface area contributed by atoms with E-state index in [2.05, 4.69) is 19.9 Å². The highest BCUT2D eigenvalue weighted by Crippen LogP contribution is 2.30. The van der Waals surface area contributed by atoms with Crippen LogP contribution in [0.3, 0.4) is 0 Å². The van der Waals surface area contributed by atoms with Crippen LogP contribution in [0, 0.1) is 0 Å². The Bertz CT molecular complexity index is 473. The van der Waals surface area contributed by atoms with Crippen molar-refractivity contribution < 1.29 is 14.6 Å². The van der Waals surface area contributed by atoms with Gasteiger partial charge in [-0.15, -0.1) is 0 Å². The minimum atomic E-state index is -0.802. The first-order valence-electron chi connectivity index (χ1n) is 6.58. The normalized spacial score (nSPS) is 11.7. The van der Waals surface area contributed by atoms with E-state index in [0.717, 1.165) is 28.9 Å². The number of benzene rings is 1. The molecule has 0 saturated heterocycles. The number of hydrogen-bond donors (Lipinski definition) is 1. The molecule has 0 aliphatic rings. The maximum Gasteiger partial charge on any atom is 0.307 e. The van der Waals surface area contributed by atoms with Crippen LogP contribution in [0.1, 0.15) is 50.7 Å². The van der Waals surface area contributed by atoms with Crippen LogP contribution in [-0.2, 0) is 4.79 Å². The summed E-state index contributed by atoms with van der Waals surface area (Å²) in [5.41, 5.74) is 3.29. The number of carboxylic acid groups (broad SMARTS) is 1. The molecule has 0 amide bonds. The predicted molar refractivity (Wildman–Crippen MR) is 77.6 cm³/mol. The van der Waals surface area contributed by atoms with Crippen molar-refractivity contribution in [1.82, 2.24) is 0 Å². The summed E-state index contributed by atoms with van der Waals surface area (Å²) in [5, 5.41) is 8.77. The van der Waals surface area contributed by atoms with Gasteiger partial charge in [0.05, 0.1) is 13.5 Å². The van der Waals surface area contributed by atoms with Gasteiger partial charge in [-0.25, -0.2) is 0 Å². The van der Waals surface area contributed by atoms with Gasteiger partial charge in [-0.2, -0.15) is 0 Å². The molecular weight excluding hydrogens is 240 g/mol. The summed E-state index contributed by atoms with van der Waals surface area (Å²) in [4.78, 5) is 10.7. The highest BCUT2D eigenvalue weighted by atomic mass is 16.5. The molecule has 1 rings (SSSR count). The van der Waals surface area contributed by atoms with Gasteiger partial charge in [0, 0.05) is 0 Å². The summed E-state index contributed by atoms with van der Waals surface area (Å²) >= 11 is 0. The average molecular weight is 262 g/mol. The van der Waals surface area contributed by atoms with Crippen molar-refractivity contribution in [2.45, 2.75) is 39.5 Å². The topological polar surface area (TPSA) is 46.5 Å². The molecule has 19 heavy (non-hydrogen) atoms. The molecule has 0 aromatic heterocycles. The number of ether oxygens (including phenoxy) is 1. The monoisotopic (exact) mass is 262 g/mol. The second-order valence-electron chi connectivity index (χ2n) is 4.79. The lowest BCUT2D eigenvalue weighted by atomic mass is 9.95. The van der Waals surface area contributed by atoms with E-state index in [1.54, 1.807) is 13.2 Å². The van der Waals surface area contributed by atoms with Gasteiger partial charge in [0.2, 0.25) is 0 Å². The van der Waals surface area contributed by atoms with Crippen LogP contribution in [0.15, 0.2) is 24.3 Å². The lowest BCUT2D eigenvalue weighted by Crippen LogP contribution is -1.97. The molecule has 3 heteroatoms. The van der Waals surface area contributed by atoms with E-state index in [0.29, 0.717) is 5.92 Å². The van der Waals surface area contributed by atoms with Gasteiger partial charge in [-0.1, -0.05) is 32.9 Å². The van der Waals surface area contributed by atoms with E-state index in [1.807, 2.05) is 19.1 Å². The van der Waals surface area contributed by atoms with Gasteiger partial charge in [0.15, 0.2) is 0 Å². The van der Waals surface area contributed by atoms with Crippen LogP contribution in [0.25, 0.3) is 5.57 Å².